The summed E-state index contributed by atoms with van der Waals surface area (Å²) in [6, 6.07) is 1.66. The standard InChI is InChI=1S/C10H12N4O/c1-7-4-13-9(5-12-7)10(14-11)8-2-3-15-6-8/h2-6,10,14H,11H2,1H3. The second-order valence-electron chi connectivity index (χ2n) is 3.24. The summed E-state index contributed by atoms with van der Waals surface area (Å²) in [6.45, 7) is 1.89. The van der Waals surface area contributed by atoms with Gasteiger partial charge in [-0.05, 0) is 13.0 Å². The van der Waals surface area contributed by atoms with E-state index in [4.69, 9.17) is 10.3 Å². The molecule has 0 aliphatic rings. The lowest BCUT2D eigenvalue weighted by molar-refractivity contribution is 0.550. The summed E-state index contributed by atoms with van der Waals surface area (Å²) in [5.41, 5.74) is 5.25. The van der Waals surface area contributed by atoms with E-state index in [1.807, 2.05) is 13.0 Å². The van der Waals surface area contributed by atoms with Crippen molar-refractivity contribution in [2.24, 2.45) is 5.84 Å². The summed E-state index contributed by atoms with van der Waals surface area (Å²) in [7, 11) is 0. The number of rotatable bonds is 3. The number of nitrogens with one attached hydrogen (secondary N) is 1. The molecule has 15 heavy (non-hydrogen) atoms. The maximum absolute atomic E-state index is 5.47. The predicted molar refractivity (Wildman–Crippen MR) is 54.6 cm³/mol. The molecule has 2 aromatic heterocycles. The van der Waals surface area contributed by atoms with Gasteiger partial charge in [0.25, 0.3) is 0 Å². The lowest BCUT2D eigenvalue weighted by Crippen LogP contribution is -2.29. The normalized spacial score (nSPS) is 12.7. The number of hydrogen-bond acceptors (Lipinski definition) is 5. The Morgan fingerprint density at radius 1 is 1.40 bits per heavy atom. The summed E-state index contributed by atoms with van der Waals surface area (Å²) in [5.74, 6) is 5.47. The van der Waals surface area contributed by atoms with Crippen molar-refractivity contribution in [3.05, 3.63) is 47.9 Å². The Kier molecular flexibility index (Phi) is 2.75. The predicted octanol–water partition coefficient (Wildman–Crippen LogP) is 0.931. The van der Waals surface area contributed by atoms with Crippen LogP contribution in [-0.4, -0.2) is 9.97 Å². The minimum atomic E-state index is -0.183. The Bertz CT molecular complexity index is 409. The molecule has 0 bridgehead atoms. The largest absolute Gasteiger partial charge is 0.472 e. The molecule has 3 N–H and O–H groups in total. The molecule has 0 aliphatic carbocycles. The van der Waals surface area contributed by atoms with Gasteiger partial charge in [0.1, 0.15) is 0 Å². The van der Waals surface area contributed by atoms with Crippen LogP contribution in [0, 0.1) is 6.92 Å². The van der Waals surface area contributed by atoms with Crippen LogP contribution in [0.15, 0.2) is 35.4 Å². The lowest BCUT2D eigenvalue weighted by Gasteiger charge is -2.12. The fraction of sp³-hybridized carbons (Fsp3) is 0.200. The van der Waals surface area contributed by atoms with E-state index in [0.29, 0.717) is 0 Å². The maximum atomic E-state index is 5.47. The minimum Gasteiger partial charge on any atom is -0.472 e. The third-order valence-corrected chi connectivity index (χ3v) is 2.14. The van der Waals surface area contributed by atoms with Gasteiger partial charge >= 0.3 is 0 Å². The van der Waals surface area contributed by atoms with Crippen molar-refractivity contribution in [1.82, 2.24) is 15.4 Å². The minimum absolute atomic E-state index is 0.183. The van der Waals surface area contributed by atoms with Crippen LogP contribution in [0.1, 0.15) is 23.0 Å². The lowest BCUT2D eigenvalue weighted by atomic mass is 10.1. The molecule has 5 heteroatoms. The molecule has 78 valence electrons. The maximum Gasteiger partial charge on any atom is 0.0954 e. The summed E-state index contributed by atoms with van der Waals surface area (Å²) < 4.78 is 5.00. The van der Waals surface area contributed by atoms with Gasteiger partial charge in [-0.15, -0.1) is 0 Å². The van der Waals surface area contributed by atoms with Gasteiger partial charge in [0.15, 0.2) is 0 Å². The Labute approximate surface area is 87.3 Å². The van der Waals surface area contributed by atoms with Crippen molar-refractivity contribution in [1.29, 1.82) is 0 Å². The second-order valence-corrected chi connectivity index (χ2v) is 3.24. The van der Waals surface area contributed by atoms with E-state index in [0.717, 1.165) is 17.0 Å². The van der Waals surface area contributed by atoms with E-state index in [1.54, 1.807) is 24.9 Å². The highest BCUT2D eigenvalue weighted by Gasteiger charge is 2.14. The zero-order valence-corrected chi connectivity index (χ0v) is 8.34. The SMILES string of the molecule is Cc1cnc(C(NN)c2ccoc2)cn1. The van der Waals surface area contributed by atoms with E-state index >= 15 is 0 Å². The zero-order valence-electron chi connectivity index (χ0n) is 8.34. The Morgan fingerprint density at radius 2 is 2.27 bits per heavy atom. The Balaban J connectivity index is 2.31. The molecular weight excluding hydrogens is 192 g/mol. The molecule has 2 heterocycles. The molecule has 0 aromatic carbocycles. The first kappa shape index (κ1) is 9.82. The molecule has 0 aliphatic heterocycles. The number of hydrogen-bond donors (Lipinski definition) is 2. The first-order chi connectivity index (χ1) is 7.31. The molecule has 0 saturated carbocycles. The van der Waals surface area contributed by atoms with E-state index < -0.39 is 0 Å². The van der Waals surface area contributed by atoms with Crippen LogP contribution in [0.4, 0.5) is 0 Å². The van der Waals surface area contributed by atoms with E-state index in [1.165, 1.54) is 0 Å². The number of aromatic nitrogens is 2. The van der Waals surface area contributed by atoms with Gasteiger partial charge in [0.05, 0.1) is 36.2 Å². The zero-order chi connectivity index (χ0) is 10.7. The number of nitrogens with zero attached hydrogens (tertiary/aromatic N) is 2. The summed E-state index contributed by atoms with van der Waals surface area (Å²) in [4.78, 5) is 8.43. The molecular formula is C10H12N4O. The number of nitrogens with two attached hydrogens (primary N) is 1. The first-order valence-electron chi connectivity index (χ1n) is 4.58. The summed E-state index contributed by atoms with van der Waals surface area (Å²) in [5, 5.41) is 0. The van der Waals surface area contributed by atoms with E-state index in [2.05, 4.69) is 15.4 Å². The monoisotopic (exact) mass is 204 g/mol. The molecule has 1 atom stereocenters. The van der Waals surface area contributed by atoms with Gasteiger partial charge in [-0.2, -0.15) is 0 Å². The molecule has 0 spiro atoms. The van der Waals surface area contributed by atoms with Crippen LogP contribution >= 0.6 is 0 Å². The van der Waals surface area contributed by atoms with Crippen LogP contribution in [0.2, 0.25) is 0 Å². The quantitative estimate of drug-likeness (QED) is 0.574. The molecule has 0 radical (unpaired) electrons. The Hall–Kier alpha value is -1.72. The average molecular weight is 204 g/mol. The van der Waals surface area contributed by atoms with Gasteiger partial charge in [-0.3, -0.25) is 15.8 Å². The smallest absolute Gasteiger partial charge is 0.0954 e. The van der Waals surface area contributed by atoms with Crippen LogP contribution in [0.5, 0.6) is 0 Å². The molecule has 2 rings (SSSR count). The van der Waals surface area contributed by atoms with E-state index in [9.17, 15) is 0 Å². The van der Waals surface area contributed by atoms with Gasteiger partial charge < -0.3 is 4.42 Å². The highest BCUT2D eigenvalue weighted by atomic mass is 16.3. The summed E-state index contributed by atoms with van der Waals surface area (Å²) >= 11 is 0. The van der Waals surface area contributed by atoms with Crippen LogP contribution in [-0.2, 0) is 0 Å². The topological polar surface area (TPSA) is 77.0 Å². The Morgan fingerprint density at radius 3 is 2.80 bits per heavy atom. The van der Waals surface area contributed by atoms with Crippen LogP contribution in [0.3, 0.4) is 0 Å². The van der Waals surface area contributed by atoms with Gasteiger partial charge in [-0.1, -0.05) is 0 Å². The molecule has 5 nitrogen and oxygen atoms in total. The van der Waals surface area contributed by atoms with Crippen molar-refractivity contribution < 1.29 is 4.42 Å². The fourth-order valence-corrected chi connectivity index (χ4v) is 1.34. The van der Waals surface area contributed by atoms with Crippen molar-refractivity contribution >= 4 is 0 Å². The van der Waals surface area contributed by atoms with Crippen molar-refractivity contribution in [3.63, 3.8) is 0 Å². The third kappa shape index (κ3) is 2.03. The highest BCUT2D eigenvalue weighted by molar-refractivity contribution is 5.22. The van der Waals surface area contributed by atoms with Gasteiger partial charge in [0.2, 0.25) is 0 Å². The van der Waals surface area contributed by atoms with Crippen molar-refractivity contribution in [2.75, 3.05) is 0 Å². The molecule has 2 aromatic rings. The van der Waals surface area contributed by atoms with Crippen molar-refractivity contribution in [2.45, 2.75) is 13.0 Å². The molecule has 0 amide bonds. The van der Waals surface area contributed by atoms with Crippen LogP contribution < -0.4 is 11.3 Å². The molecule has 0 fully saturated rings. The molecule has 0 saturated heterocycles. The van der Waals surface area contributed by atoms with Gasteiger partial charge in [-0.25, -0.2) is 5.43 Å². The van der Waals surface area contributed by atoms with Crippen molar-refractivity contribution in [3.8, 4) is 0 Å². The fourth-order valence-electron chi connectivity index (χ4n) is 1.34. The van der Waals surface area contributed by atoms with Gasteiger partial charge in [0, 0.05) is 11.8 Å². The molecule has 1 unspecified atom stereocenters. The first-order valence-corrected chi connectivity index (χ1v) is 4.58. The number of hydrazine groups is 1. The number of furan rings is 1. The summed E-state index contributed by atoms with van der Waals surface area (Å²) in [6.07, 6.45) is 6.64. The van der Waals surface area contributed by atoms with E-state index in [-0.39, 0.29) is 6.04 Å². The number of aryl methyl sites for hydroxylation is 1. The second kappa shape index (κ2) is 4.20. The third-order valence-electron chi connectivity index (χ3n) is 2.14. The highest BCUT2D eigenvalue weighted by Crippen LogP contribution is 2.18. The average Bonchev–Trinajstić information content (AvgIpc) is 2.75. The van der Waals surface area contributed by atoms with Crippen LogP contribution in [0.25, 0.3) is 0 Å².